The van der Waals surface area contributed by atoms with Crippen LogP contribution in [0.5, 0.6) is 0 Å². The van der Waals surface area contributed by atoms with E-state index in [1.165, 1.54) is 12.0 Å². The Morgan fingerprint density at radius 1 is 1.10 bits per heavy atom. The van der Waals surface area contributed by atoms with Crippen molar-refractivity contribution in [3.05, 3.63) is 35.9 Å². The van der Waals surface area contributed by atoms with Crippen molar-refractivity contribution in [2.75, 3.05) is 38.5 Å². The van der Waals surface area contributed by atoms with Crippen LogP contribution in [-0.2, 0) is 21.4 Å². The van der Waals surface area contributed by atoms with E-state index in [1.54, 1.807) is 4.31 Å². The summed E-state index contributed by atoms with van der Waals surface area (Å²) in [7, 11) is -3.16. The molecule has 0 saturated carbocycles. The average molecular weight is 436 g/mol. The lowest BCUT2D eigenvalue weighted by Gasteiger charge is -2.34. The minimum Gasteiger partial charge on any atom is -0.356 e. The predicted molar refractivity (Wildman–Crippen MR) is 120 cm³/mol. The van der Waals surface area contributed by atoms with E-state index in [-0.39, 0.29) is 17.6 Å². The van der Waals surface area contributed by atoms with Crippen LogP contribution in [0.4, 0.5) is 0 Å². The smallest absolute Gasteiger partial charge is 0.223 e. The van der Waals surface area contributed by atoms with Crippen LogP contribution in [0.2, 0.25) is 0 Å². The third kappa shape index (κ3) is 6.79. The van der Waals surface area contributed by atoms with Crippen molar-refractivity contribution in [3.63, 3.8) is 0 Å². The van der Waals surface area contributed by atoms with Gasteiger partial charge in [-0.1, -0.05) is 43.7 Å². The van der Waals surface area contributed by atoms with Crippen LogP contribution < -0.4 is 5.32 Å². The summed E-state index contributed by atoms with van der Waals surface area (Å²) >= 11 is 0. The van der Waals surface area contributed by atoms with Gasteiger partial charge in [0.25, 0.3) is 0 Å². The highest BCUT2D eigenvalue weighted by Gasteiger charge is 2.31. The highest BCUT2D eigenvalue weighted by Crippen LogP contribution is 2.22. The Morgan fingerprint density at radius 3 is 2.53 bits per heavy atom. The third-order valence-electron chi connectivity index (χ3n) is 6.39. The largest absolute Gasteiger partial charge is 0.356 e. The molecule has 1 atom stereocenters. The number of benzene rings is 1. The molecule has 1 unspecified atom stereocenters. The molecule has 6 nitrogen and oxygen atoms in total. The zero-order valence-corrected chi connectivity index (χ0v) is 19.1. The molecule has 7 heteroatoms. The fraction of sp³-hybridized carbons (Fsp3) is 0.696. The molecule has 2 heterocycles. The molecule has 0 radical (unpaired) electrons. The molecule has 0 aliphatic carbocycles. The average Bonchev–Trinajstić information content (AvgIpc) is 2.77. The lowest BCUT2D eigenvalue weighted by molar-refractivity contribution is -0.126. The van der Waals surface area contributed by atoms with Gasteiger partial charge in [-0.2, -0.15) is 0 Å². The standard InChI is InChI=1S/C23H37N3O3S/c1-2-3-16-30(28,29)26-14-11-22(12-15-26)23(27)24-17-21-10-7-13-25(19-21)18-20-8-5-4-6-9-20/h4-6,8-9,21-22H,2-3,7,10-19H2,1H3,(H,24,27). The van der Waals surface area contributed by atoms with Gasteiger partial charge in [-0.05, 0) is 50.1 Å². The van der Waals surface area contributed by atoms with Gasteiger partial charge in [0.2, 0.25) is 15.9 Å². The van der Waals surface area contributed by atoms with E-state index >= 15 is 0 Å². The molecule has 30 heavy (non-hydrogen) atoms. The summed E-state index contributed by atoms with van der Waals surface area (Å²) in [6.07, 6.45) is 5.15. The molecule has 0 aromatic heterocycles. The molecule has 1 aromatic rings. The number of piperidine rings is 2. The number of rotatable bonds is 9. The van der Waals surface area contributed by atoms with Crippen molar-refractivity contribution in [2.45, 2.75) is 52.0 Å². The van der Waals surface area contributed by atoms with Crippen LogP contribution in [0.1, 0.15) is 51.0 Å². The van der Waals surface area contributed by atoms with E-state index in [9.17, 15) is 13.2 Å². The van der Waals surface area contributed by atoms with Gasteiger partial charge in [-0.15, -0.1) is 0 Å². The first-order valence-corrected chi connectivity index (χ1v) is 13.1. The van der Waals surface area contributed by atoms with E-state index in [0.29, 0.717) is 38.3 Å². The second kappa shape index (κ2) is 11.3. The Bertz CT molecular complexity index is 761. The van der Waals surface area contributed by atoms with E-state index in [2.05, 4.69) is 34.5 Å². The summed E-state index contributed by atoms with van der Waals surface area (Å²) in [5.41, 5.74) is 1.34. The number of nitrogens with zero attached hydrogens (tertiary/aromatic N) is 2. The minimum atomic E-state index is -3.16. The number of sulfonamides is 1. The summed E-state index contributed by atoms with van der Waals surface area (Å²) in [5, 5.41) is 3.16. The Hall–Kier alpha value is -1.44. The monoisotopic (exact) mass is 435 g/mol. The van der Waals surface area contributed by atoms with E-state index < -0.39 is 10.0 Å². The van der Waals surface area contributed by atoms with Gasteiger partial charge in [-0.25, -0.2) is 12.7 Å². The number of likely N-dealkylation sites (tertiary alicyclic amines) is 1. The molecule has 2 aliphatic heterocycles. The van der Waals surface area contributed by atoms with E-state index in [1.807, 2.05) is 13.0 Å². The minimum absolute atomic E-state index is 0.0633. The van der Waals surface area contributed by atoms with E-state index in [4.69, 9.17) is 0 Å². The van der Waals surface area contributed by atoms with Crippen molar-refractivity contribution < 1.29 is 13.2 Å². The molecule has 0 spiro atoms. The number of unbranched alkanes of at least 4 members (excludes halogenated alkanes) is 1. The fourth-order valence-corrected chi connectivity index (χ4v) is 6.22. The Morgan fingerprint density at radius 2 is 1.83 bits per heavy atom. The maximum absolute atomic E-state index is 12.6. The molecule has 3 rings (SSSR count). The maximum Gasteiger partial charge on any atom is 0.223 e. The van der Waals surface area contributed by atoms with Gasteiger partial charge in [0, 0.05) is 38.6 Å². The molecule has 2 fully saturated rings. The third-order valence-corrected chi connectivity index (χ3v) is 8.35. The quantitative estimate of drug-likeness (QED) is 0.648. The number of hydrogen-bond acceptors (Lipinski definition) is 4. The Balaban J connectivity index is 1.39. The van der Waals surface area contributed by atoms with Crippen molar-refractivity contribution in [2.24, 2.45) is 11.8 Å². The Kier molecular flexibility index (Phi) is 8.72. The molecule has 1 amide bonds. The summed E-state index contributed by atoms with van der Waals surface area (Å²) < 4.78 is 26.2. The van der Waals surface area contributed by atoms with Crippen LogP contribution in [0.3, 0.4) is 0 Å². The van der Waals surface area contributed by atoms with Crippen LogP contribution >= 0.6 is 0 Å². The van der Waals surface area contributed by atoms with Crippen molar-refractivity contribution in [1.82, 2.24) is 14.5 Å². The summed E-state index contributed by atoms with van der Waals surface area (Å²) in [4.78, 5) is 15.1. The second-order valence-corrected chi connectivity index (χ2v) is 10.9. The van der Waals surface area contributed by atoms with Crippen LogP contribution in [0, 0.1) is 11.8 Å². The number of carbonyl (C=O) groups is 1. The van der Waals surface area contributed by atoms with Crippen LogP contribution in [0.15, 0.2) is 30.3 Å². The van der Waals surface area contributed by atoms with Gasteiger partial charge >= 0.3 is 0 Å². The van der Waals surface area contributed by atoms with Gasteiger partial charge < -0.3 is 5.32 Å². The first-order chi connectivity index (χ1) is 14.5. The second-order valence-electron chi connectivity index (χ2n) is 8.82. The number of amides is 1. The first kappa shape index (κ1) is 23.2. The zero-order chi connectivity index (χ0) is 21.4. The van der Waals surface area contributed by atoms with Gasteiger partial charge in [-0.3, -0.25) is 9.69 Å². The molecule has 0 bridgehead atoms. The fourth-order valence-electron chi connectivity index (χ4n) is 4.54. The van der Waals surface area contributed by atoms with Gasteiger partial charge in [0.1, 0.15) is 0 Å². The Labute approximate surface area is 182 Å². The van der Waals surface area contributed by atoms with Crippen molar-refractivity contribution in [3.8, 4) is 0 Å². The van der Waals surface area contributed by atoms with Crippen molar-refractivity contribution in [1.29, 1.82) is 0 Å². The lowest BCUT2D eigenvalue weighted by atomic mass is 9.95. The van der Waals surface area contributed by atoms with Crippen LogP contribution in [0.25, 0.3) is 0 Å². The first-order valence-electron chi connectivity index (χ1n) is 11.5. The van der Waals surface area contributed by atoms with E-state index in [0.717, 1.165) is 39.0 Å². The van der Waals surface area contributed by atoms with Gasteiger partial charge in [0.15, 0.2) is 0 Å². The SMILES string of the molecule is CCCCS(=O)(=O)N1CCC(C(=O)NCC2CCCN(Cc3ccccc3)C2)CC1. The molecule has 168 valence electrons. The summed E-state index contributed by atoms with van der Waals surface area (Å²) in [6, 6.07) is 10.5. The summed E-state index contributed by atoms with van der Waals surface area (Å²) in [6.45, 7) is 6.76. The summed E-state index contributed by atoms with van der Waals surface area (Å²) in [5.74, 6) is 0.745. The molecular formula is C23H37N3O3S. The highest BCUT2D eigenvalue weighted by molar-refractivity contribution is 7.89. The predicted octanol–water partition coefficient (Wildman–Crippen LogP) is 2.86. The topological polar surface area (TPSA) is 69.7 Å². The maximum atomic E-state index is 12.6. The molecule has 2 aliphatic rings. The van der Waals surface area contributed by atoms with Crippen molar-refractivity contribution >= 4 is 15.9 Å². The lowest BCUT2D eigenvalue weighted by Crippen LogP contribution is -2.45. The number of carbonyl (C=O) groups excluding carboxylic acids is 1. The number of hydrogen-bond donors (Lipinski definition) is 1. The van der Waals surface area contributed by atoms with Crippen LogP contribution in [-0.4, -0.2) is 62.0 Å². The molecular weight excluding hydrogens is 398 g/mol. The normalized spacial score (nSPS) is 22.1. The molecule has 1 N–H and O–H groups in total. The van der Waals surface area contributed by atoms with Gasteiger partial charge in [0.05, 0.1) is 5.75 Å². The highest BCUT2D eigenvalue weighted by atomic mass is 32.2. The molecule has 1 aromatic carbocycles. The zero-order valence-electron chi connectivity index (χ0n) is 18.3. The number of nitrogens with one attached hydrogen (secondary N) is 1. The molecule has 2 saturated heterocycles.